The lowest BCUT2D eigenvalue weighted by molar-refractivity contribution is 0.0772. The molecule has 0 fully saturated rings. The number of benzene rings is 2. The number of ether oxygens (including phenoxy) is 1. The van der Waals surface area contributed by atoms with Gasteiger partial charge in [0.15, 0.2) is 0 Å². The number of sulfonamides is 1. The molecule has 6 nitrogen and oxygen atoms in total. The molecule has 0 aliphatic heterocycles. The van der Waals surface area contributed by atoms with E-state index in [2.05, 4.69) is 15.9 Å². The molecular weight excluding hydrogens is 432 g/mol. The molecule has 0 saturated heterocycles. The SMILES string of the molecule is CN(CCOc1ccc(Cl)cc1)C(=O)c1cc(S(N)(=O)=O)ccc1Br. The van der Waals surface area contributed by atoms with E-state index >= 15 is 0 Å². The highest BCUT2D eigenvalue weighted by Gasteiger charge is 2.18. The van der Waals surface area contributed by atoms with Crippen molar-refractivity contribution >= 4 is 43.5 Å². The number of amides is 1. The van der Waals surface area contributed by atoms with Crippen molar-refractivity contribution in [1.82, 2.24) is 4.90 Å². The van der Waals surface area contributed by atoms with Crippen LogP contribution in [0.1, 0.15) is 10.4 Å². The number of halogens is 2. The Kier molecular flexibility index (Phi) is 6.45. The van der Waals surface area contributed by atoms with Crippen molar-refractivity contribution < 1.29 is 17.9 Å². The van der Waals surface area contributed by atoms with E-state index in [-0.39, 0.29) is 23.0 Å². The maximum Gasteiger partial charge on any atom is 0.254 e. The van der Waals surface area contributed by atoms with Gasteiger partial charge in [-0.1, -0.05) is 11.6 Å². The zero-order chi connectivity index (χ0) is 18.6. The maximum atomic E-state index is 12.5. The third kappa shape index (κ3) is 5.43. The Morgan fingerprint density at radius 2 is 1.88 bits per heavy atom. The predicted octanol–water partition coefficient (Wildman–Crippen LogP) is 2.90. The number of carbonyl (C=O) groups is 1. The number of carbonyl (C=O) groups excluding carboxylic acids is 1. The minimum Gasteiger partial charge on any atom is -0.492 e. The molecule has 0 atom stereocenters. The second-order valence-corrected chi connectivity index (χ2v) is 8.07. The van der Waals surface area contributed by atoms with Gasteiger partial charge in [0.05, 0.1) is 17.0 Å². The summed E-state index contributed by atoms with van der Waals surface area (Å²) < 4.78 is 28.9. The molecule has 0 unspecified atom stereocenters. The van der Waals surface area contributed by atoms with E-state index in [1.165, 1.54) is 23.1 Å². The Morgan fingerprint density at radius 3 is 2.48 bits per heavy atom. The Labute approximate surface area is 159 Å². The van der Waals surface area contributed by atoms with E-state index in [9.17, 15) is 13.2 Å². The molecule has 134 valence electrons. The summed E-state index contributed by atoms with van der Waals surface area (Å²) >= 11 is 9.05. The van der Waals surface area contributed by atoms with E-state index in [0.717, 1.165) is 0 Å². The smallest absolute Gasteiger partial charge is 0.254 e. The first-order chi connectivity index (χ1) is 11.7. The zero-order valence-electron chi connectivity index (χ0n) is 13.3. The Hall–Kier alpha value is -1.61. The summed E-state index contributed by atoms with van der Waals surface area (Å²) in [4.78, 5) is 13.8. The Morgan fingerprint density at radius 1 is 1.24 bits per heavy atom. The molecule has 0 aliphatic rings. The summed E-state index contributed by atoms with van der Waals surface area (Å²) in [7, 11) is -2.28. The molecule has 25 heavy (non-hydrogen) atoms. The summed E-state index contributed by atoms with van der Waals surface area (Å²) in [5.41, 5.74) is 0.209. The average molecular weight is 448 g/mol. The molecule has 0 heterocycles. The lowest BCUT2D eigenvalue weighted by Gasteiger charge is -2.18. The van der Waals surface area contributed by atoms with Crippen LogP contribution in [-0.4, -0.2) is 39.4 Å². The number of likely N-dealkylation sites (N-methyl/N-ethyl adjacent to an activating group) is 1. The van der Waals surface area contributed by atoms with E-state index in [4.69, 9.17) is 21.5 Å². The van der Waals surface area contributed by atoms with Crippen LogP contribution in [0.2, 0.25) is 5.02 Å². The van der Waals surface area contributed by atoms with E-state index < -0.39 is 10.0 Å². The molecule has 0 aliphatic carbocycles. The number of hydrogen-bond acceptors (Lipinski definition) is 4. The van der Waals surface area contributed by atoms with Gasteiger partial charge >= 0.3 is 0 Å². The molecule has 0 radical (unpaired) electrons. The molecule has 2 rings (SSSR count). The summed E-state index contributed by atoms with van der Waals surface area (Å²) in [5, 5.41) is 5.72. The van der Waals surface area contributed by atoms with Crippen LogP contribution in [0.3, 0.4) is 0 Å². The van der Waals surface area contributed by atoms with Crippen molar-refractivity contribution in [3.8, 4) is 5.75 Å². The van der Waals surface area contributed by atoms with Gasteiger partial charge in [0.2, 0.25) is 10.0 Å². The van der Waals surface area contributed by atoms with Crippen LogP contribution in [0.4, 0.5) is 0 Å². The van der Waals surface area contributed by atoms with Crippen LogP contribution in [0.5, 0.6) is 5.75 Å². The fourth-order valence-corrected chi connectivity index (χ4v) is 3.07. The third-order valence-corrected chi connectivity index (χ3v) is 5.21. The monoisotopic (exact) mass is 446 g/mol. The van der Waals surface area contributed by atoms with E-state index in [1.54, 1.807) is 31.3 Å². The van der Waals surface area contributed by atoms with Crippen LogP contribution in [0.15, 0.2) is 51.8 Å². The topological polar surface area (TPSA) is 89.7 Å². The summed E-state index contributed by atoms with van der Waals surface area (Å²) in [5.74, 6) is 0.291. The van der Waals surface area contributed by atoms with Crippen molar-refractivity contribution in [3.05, 3.63) is 57.5 Å². The Balaban J connectivity index is 2.03. The molecule has 9 heteroatoms. The quantitative estimate of drug-likeness (QED) is 0.737. The molecule has 2 N–H and O–H groups in total. The van der Waals surface area contributed by atoms with Gasteiger partial charge < -0.3 is 9.64 Å². The fraction of sp³-hybridized carbons (Fsp3) is 0.188. The van der Waals surface area contributed by atoms with Crippen molar-refractivity contribution in [3.63, 3.8) is 0 Å². The summed E-state index contributed by atoms with van der Waals surface area (Å²) in [6, 6.07) is 10.9. The second kappa shape index (κ2) is 8.18. The lowest BCUT2D eigenvalue weighted by Crippen LogP contribution is -2.31. The van der Waals surface area contributed by atoms with Gasteiger partial charge in [0.25, 0.3) is 5.91 Å². The van der Waals surface area contributed by atoms with Crippen LogP contribution in [0, 0.1) is 0 Å². The Bertz CT molecular complexity index is 872. The fourth-order valence-electron chi connectivity index (χ4n) is 1.98. The number of primary sulfonamides is 1. The van der Waals surface area contributed by atoms with Gasteiger partial charge in [-0.25, -0.2) is 13.6 Å². The molecule has 0 aromatic heterocycles. The van der Waals surface area contributed by atoms with Crippen LogP contribution < -0.4 is 9.88 Å². The first-order valence-corrected chi connectivity index (χ1v) is 9.86. The number of hydrogen-bond donors (Lipinski definition) is 1. The van der Waals surface area contributed by atoms with Gasteiger partial charge in [0.1, 0.15) is 12.4 Å². The van der Waals surface area contributed by atoms with Gasteiger partial charge in [0, 0.05) is 16.5 Å². The van der Waals surface area contributed by atoms with E-state index in [0.29, 0.717) is 21.8 Å². The highest BCUT2D eigenvalue weighted by atomic mass is 79.9. The van der Waals surface area contributed by atoms with Gasteiger partial charge in [-0.05, 0) is 58.4 Å². The minimum absolute atomic E-state index is 0.120. The van der Waals surface area contributed by atoms with Crippen LogP contribution in [-0.2, 0) is 10.0 Å². The molecule has 2 aromatic carbocycles. The predicted molar refractivity (Wildman–Crippen MR) is 99.4 cm³/mol. The lowest BCUT2D eigenvalue weighted by atomic mass is 10.2. The van der Waals surface area contributed by atoms with Gasteiger partial charge in [-0.2, -0.15) is 0 Å². The average Bonchev–Trinajstić information content (AvgIpc) is 2.55. The minimum atomic E-state index is -3.88. The van der Waals surface area contributed by atoms with Crippen LogP contribution in [0.25, 0.3) is 0 Å². The number of nitrogens with zero attached hydrogens (tertiary/aromatic N) is 1. The van der Waals surface area contributed by atoms with E-state index in [1.807, 2.05) is 0 Å². The highest BCUT2D eigenvalue weighted by molar-refractivity contribution is 9.10. The zero-order valence-corrected chi connectivity index (χ0v) is 16.4. The largest absolute Gasteiger partial charge is 0.492 e. The highest BCUT2D eigenvalue weighted by Crippen LogP contribution is 2.22. The second-order valence-electron chi connectivity index (χ2n) is 5.22. The standard InChI is InChI=1S/C16H16BrClN2O4S/c1-20(8-9-24-12-4-2-11(18)3-5-12)16(21)14-10-13(25(19,22)23)6-7-15(14)17/h2-7,10H,8-9H2,1H3,(H2,19,22,23). The van der Waals surface area contributed by atoms with Crippen LogP contribution >= 0.6 is 27.5 Å². The molecule has 0 bridgehead atoms. The van der Waals surface area contributed by atoms with Gasteiger partial charge in [-0.15, -0.1) is 0 Å². The number of nitrogens with two attached hydrogens (primary N) is 1. The molecule has 0 spiro atoms. The normalized spacial score (nSPS) is 11.2. The first kappa shape index (κ1) is 19.7. The van der Waals surface area contributed by atoms with Crippen molar-refractivity contribution in [1.29, 1.82) is 0 Å². The van der Waals surface area contributed by atoms with Crippen molar-refractivity contribution in [2.45, 2.75) is 4.90 Å². The maximum absolute atomic E-state index is 12.5. The van der Waals surface area contributed by atoms with Crippen molar-refractivity contribution in [2.24, 2.45) is 5.14 Å². The summed E-state index contributed by atoms with van der Waals surface area (Å²) in [6.45, 7) is 0.587. The third-order valence-electron chi connectivity index (χ3n) is 3.35. The molecule has 1 amide bonds. The molecular formula is C16H16BrClN2O4S. The summed E-state index contributed by atoms with van der Waals surface area (Å²) in [6.07, 6.45) is 0. The van der Waals surface area contributed by atoms with Crippen molar-refractivity contribution in [2.75, 3.05) is 20.2 Å². The number of rotatable bonds is 6. The molecule has 2 aromatic rings. The first-order valence-electron chi connectivity index (χ1n) is 7.14. The molecule has 0 saturated carbocycles. The van der Waals surface area contributed by atoms with Gasteiger partial charge in [-0.3, -0.25) is 4.79 Å².